The van der Waals surface area contributed by atoms with E-state index >= 15 is 0 Å². The molecule has 0 amide bonds. The Hall–Kier alpha value is -2.24. The number of H-pyrrole nitrogens is 1. The van der Waals surface area contributed by atoms with Crippen LogP contribution in [0.3, 0.4) is 0 Å². The number of nitrogens with one attached hydrogen (secondary N) is 1. The molecule has 1 aromatic rings. The van der Waals surface area contributed by atoms with Crippen LogP contribution in [0.1, 0.15) is 12.0 Å². The van der Waals surface area contributed by atoms with Gasteiger partial charge in [0.25, 0.3) is 5.56 Å². The summed E-state index contributed by atoms with van der Waals surface area (Å²) in [5, 5.41) is 0. The number of allylic oxidation sites excluding steroid dienone is 1. The number of anilines is 1. The van der Waals surface area contributed by atoms with Gasteiger partial charge < -0.3 is 21.4 Å². The van der Waals surface area contributed by atoms with Crippen LogP contribution in [-0.2, 0) is 0 Å². The van der Waals surface area contributed by atoms with Crippen molar-refractivity contribution in [3.05, 3.63) is 45.9 Å². The van der Waals surface area contributed by atoms with Crippen molar-refractivity contribution in [2.45, 2.75) is 13.3 Å². The highest BCUT2D eigenvalue weighted by molar-refractivity contribution is 5.56. The molecular formula is C11H15N5O. The van der Waals surface area contributed by atoms with Crippen molar-refractivity contribution in [2.24, 2.45) is 11.5 Å². The third kappa shape index (κ3) is 1.89. The summed E-state index contributed by atoms with van der Waals surface area (Å²) >= 11 is 0. The molecule has 0 unspecified atom stereocenters. The molecule has 6 heteroatoms. The zero-order chi connectivity index (χ0) is 12.4. The number of nitrogens with two attached hydrogens (primary N) is 2. The van der Waals surface area contributed by atoms with Gasteiger partial charge in [0.1, 0.15) is 5.82 Å². The van der Waals surface area contributed by atoms with E-state index in [-0.39, 0.29) is 5.56 Å². The van der Waals surface area contributed by atoms with Crippen LogP contribution in [-0.4, -0.2) is 16.5 Å². The largest absolute Gasteiger partial charge is 0.405 e. The third-order valence-corrected chi connectivity index (χ3v) is 2.79. The van der Waals surface area contributed by atoms with Gasteiger partial charge >= 0.3 is 0 Å². The van der Waals surface area contributed by atoms with Crippen LogP contribution >= 0.6 is 0 Å². The minimum atomic E-state index is -0.142. The number of nitrogens with zero attached hydrogens (tertiary/aromatic N) is 2. The van der Waals surface area contributed by atoms with Crippen molar-refractivity contribution in [1.29, 1.82) is 0 Å². The van der Waals surface area contributed by atoms with Crippen LogP contribution in [0.25, 0.3) is 0 Å². The minimum Gasteiger partial charge on any atom is -0.405 e. The highest BCUT2D eigenvalue weighted by Gasteiger charge is 2.23. The molecule has 0 saturated heterocycles. The average Bonchev–Trinajstić information content (AvgIpc) is 2.66. The van der Waals surface area contributed by atoms with E-state index in [4.69, 9.17) is 11.5 Å². The van der Waals surface area contributed by atoms with E-state index in [1.54, 1.807) is 13.0 Å². The lowest BCUT2D eigenvalue weighted by Gasteiger charge is -2.20. The number of aromatic amines is 1. The first-order valence-electron chi connectivity index (χ1n) is 5.34. The van der Waals surface area contributed by atoms with Gasteiger partial charge in [0.15, 0.2) is 0 Å². The monoisotopic (exact) mass is 233 g/mol. The van der Waals surface area contributed by atoms with Crippen molar-refractivity contribution in [1.82, 2.24) is 9.97 Å². The molecule has 0 fully saturated rings. The maximum absolute atomic E-state index is 11.5. The normalized spacial score (nSPS) is 16.2. The van der Waals surface area contributed by atoms with Crippen LogP contribution in [0.4, 0.5) is 5.82 Å². The number of aromatic nitrogens is 2. The predicted molar refractivity (Wildman–Crippen MR) is 66.1 cm³/mol. The Kier molecular flexibility index (Phi) is 2.86. The molecule has 1 aliphatic rings. The van der Waals surface area contributed by atoms with Crippen molar-refractivity contribution in [3.8, 4) is 0 Å². The fourth-order valence-corrected chi connectivity index (χ4v) is 1.89. The summed E-state index contributed by atoms with van der Waals surface area (Å²) in [5.41, 5.74) is 13.3. The lowest BCUT2D eigenvalue weighted by molar-refractivity contribution is 0.917. The van der Waals surface area contributed by atoms with E-state index in [1.807, 2.05) is 4.90 Å². The lowest BCUT2D eigenvalue weighted by atomic mass is 10.3. The zero-order valence-electron chi connectivity index (χ0n) is 9.60. The first kappa shape index (κ1) is 11.3. The molecule has 0 atom stereocenters. The molecule has 6 nitrogen and oxygen atoms in total. The summed E-state index contributed by atoms with van der Waals surface area (Å²) < 4.78 is 0. The molecular weight excluding hydrogens is 218 g/mol. The second kappa shape index (κ2) is 4.32. The van der Waals surface area contributed by atoms with Crippen LogP contribution in [0, 0.1) is 6.92 Å². The van der Waals surface area contributed by atoms with Crippen molar-refractivity contribution < 1.29 is 0 Å². The Morgan fingerprint density at radius 2 is 2.35 bits per heavy atom. The second-order valence-electron chi connectivity index (χ2n) is 3.85. The van der Waals surface area contributed by atoms with Gasteiger partial charge in [-0.3, -0.25) is 4.79 Å². The SMILES string of the molecule is Cc1c(N2CCC(N)=C2/C=C\N)nc[nH]c1=O. The first-order chi connectivity index (χ1) is 8.15. The highest BCUT2D eigenvalue weighted by atomic mass is 16.1. The predicted octanol–water partition coefficient (Wildman–Crippen LogP) is -0.0689. The molecule has 1 aliphatic heterocycles. The summed E-state index contributed by atoms with van der Waals surface area (Å²) in [5.74, 6) is 0.627. The molecule has 0 spiro atoms. The maximum Gasteiger partial charge on any atom is 0.255 e. The number of rotatable bonds is 2. The minimum absolute atomic E-state index is 0.142. The second-order valence-corrected chi connectivity index (χ2v) is 3.85. The Morgan fingerprint density at radius 3 is 3.06 bits per heavy atom. The zero-order valence-corrected chi connectivity index (χ0v) is 9.60. The Labute approximate surface area is 98.6 Å². The Balaban J connectivity index is 2.48. The average molecular weight is 233 g/mol. The van der Waals surface area contributed by atoms with Crippen LogP contribution < -0.4 is 21.9 Å². The molecule has 0 aliphatic carbocycles. The quantitative estimate of drug-likeness (QED) is 0.664. The van der Waals surface area contributed by atoms with Gasteiger partial charge in [-0.25, -0.2) is 4.98 Å². The van der Waals surface area contributed by atoms with Gasteiger partial charge in [-0.2, -0.15) is 0 Å². The topological polar surface area (TPSA) is 101 Å². The summed E-state index contributed by atoms with van der Waals surface area (Å²) in [7, 11) is 0. The Morgan fingerprint density at radius 1 is 1.59 bits per heavy atom. The molecule has 2 heterocycles. The molecule has 0 bridgehead atoms. The van der Waals surface area contributed by atoms with E-state index in [2.05, 4.69) is 9.97 Å². The Bertz CT molecular complexity index is 543. The summed E-state index contributed by atoms with van der Waals surface area (Å²) in [6.45, 7) is 2.45. The van der Waals surface area contributed by atoms with Crippen LogP contribution in [0.15, 0.2) is 34.8 Å². The number of hydrogen-bond acceptors (Lipinski definition) is 5. The molecule has 0 aromatic carbocycles. The van der Waals surface area contributed by atoms with E-state index in [0.29, 0.717) is 17.9 Å². The van der Waals surface area contributed by atoms with Gasteiger partial charge in [0.2, 0.25) is 0 Å². The number of hydrogen-bond donors (Lipinski definition) is 3. The van der Waals surface area contributed by atoms with Crippen molar-refractivity contribution >= 4 is 5.82 Å². The van der Waals surface area contributed by atoms with Gasteiger partial charge in [0.05, 0.1) is 17.6 Å². The van der Waals surface area contributed by atoms with Crippen molar-refractivity contribution in [2.75, 3.05) is 11.4 Å². The van der Waals surface area contributed by atoms with Gasteiger partial charge in [-0.05, 0) is 19.2 Å². The molecule has 90 valence electrons. The standard InChI is InChI=1S/C11H15N5O/c1-7-10(14-6-15-11(7)17)16-5-3-8(13)9(16)2-4-12/h2,4,6H,3,5,12-13H2,1H3,(H,14,15,17)/b4-2-. The molecule has 0 radical (unpaired) electrons. The van der Waals surface area contributed by atoms with E-state index in [1.165, 1.54) is 12.5 Å². The third-order valence-electron chi connectivity index (χ3n) is 2.79. The molecule has 17 heavy (non-hydrogen) atoms. The molecule has 2 rings (SSSR count). The van der Waals surface area contributed by atoms with Crippen LogP contribution in [0.2, 0.25) is 0 Å². The smallest absolute Gasteiger partial charge is 0.255 e. The molecule has 1 aromatic heterocycles. The molecule has 0 saturated carbocycles. The van der Waals surface area contributed by atoms with Crippen molar-refractivity contribution in [3.63, 3.8) is 0 Å². The fraction of sp³-hybridized carbons (Fsp3) is 0.273. The maximum atomic E-state index is 11.5. The van der Waals surface area contributed by atoms with E-state index in [0.717, 1.165) is 17.8 Å². The summed E-state index contributed by atoms with van der Waals surface area (Å²) in [6, 6.07) is 0. The van der Waals surface area contributed by atoms with Gasteiger partial charge in [-0.15, -0.1) is 0 Å². The van der Waals surface area contributed by atoms with Gasteiger partial charge in [-0.1, -0.05) is 0 Å². The summed E-state index contributed by atoms with van der Waals surface area (Å²) in [4.78, 5) is 20.2. The van der Waals surface area contributed by atoms with Gasteiger partial charge in [0, 0.05) is 18.7 Å². The fourth-order valence-electron chi connectivity index (χ4n) is 1.89. The van der Waals surface area contributed by atoms with E-state index in [9.17, 15) is 4.79 Å². The summed E-state index contributed by atoms with van der Waals surface area (Å²) in [6.07, 6.45) is 5.30. The first-order valence-corrected chi connectivity index (χ1v) is 5.34. The van der Waals surface area contributed by atoms with Crippen LogP contribution in [0.5, 0.6) is 0 Å². The lowest BCUT2D eigenvalue weighted by Crippen LogP contribution is -2.24. The van der Waals surface area contributed by atoms with E-state index < -0.39 is 0 Å². The highest BCUT2D eigenvalue weighted by Crippen LogP contribution is 2.26. The molecule has 5 N–H and O–H groups in total.